The van der Waals surface area contributed by atoms with Crippen LogP contribution in [-0.2, 0) is 0 Å². The first-order chi connectivity index (χ1) is 7.18. The van der Waals surface area contributed by atoms with Gasteiger partial charge < -0.3 is 5.11 Å². The molecule has 2 aromatic rings. The lowest BCUT2D eigenvalue weighted by molar-refractivity contribution is 0.0703. The first kappa shape index (κ1) is 9.79. The number of hydrogen-bond donors (Lipinski definition) is 1. The van der Waals surface area contributed by atoms with Gasteiger partial charge in [0.25, 0.3) is 0 Å². The van der Waals surface area contributed by atoms with E-state index in [9.17, 15) is 4.79 Å². The van der Waals surface area contributed by atoms with Crippen molar-refractivity contribution in [3.05, 3.63) is 34.4 Å². The molecule has 0 aliphatic rings. The summed E-state index contributed by atoms with van der Waals surface area (Å²) < 4.78 is 0. The Morgan fingerprint density at radius 2 is 2.20 bits per heavy atom. The minimum Gasteiger partial charge on any atom is -0.477 e. The van der Waals surface area contributed by atoms with Crippen LogP contribution in [0.1, 0.15) is 15.4 Å². The van der Waals surface area contributed by atoms with Gasteiger partial charge in [-0.2, -0.15) is 0 Å². The quantitative estimate of drug-likeness (QED) is 0.842. The minimum absolute atomic E-state index is 0.299. The van der Waals surface area contributed by atoms with E-state index in [2.05, 4.69) is 9.97 Å². The van der Waals surface area contributed by atoms with E-state index in [-0.39, 0.29) is 0 Å². The number of aromatic carboxylic acids is 1. The molecule has 76 valence electrons. The Morgan fingerprint density at radius 1 is 1.40 bits per heavy atom. The van der Waals surface area contributed by atoms with Crippen molar-refractivity contribution in [2.24, 2.45) is 0 Å². The predicted molar refractivity (Wildman–Crippen MR) is 57.0 cm³/mol. The zero-order chi connectivity index (χ0) is 10.8. The molecule has 0 saturated carbocycles. The Bertz CT molecular complexity index is 490. The topological polar surface area (TPSA) is 63.1 Å². The van der Waals surface area contributed by atoms with Gasteiger partial charge in [-0.25, -0.2) is 4.79 Å². The molecule has 2 aromatic heterocycles. The molecule has 5 heteroatoms. The number of thiophene rings is 1. The average molecular weight is 220 g/mol. The molecule has 0 radical (unpaired) electrons. The molecule has 4 nitrogen and oxygen atoms in total. The van der Waals surface area contributed by atoms with Crippen molar-refractivity contribution >= 4 is 17.3 Å². The van der Waals surface area contributed by atoms with Crippen LogP contribution in [0.2, 0.25) is 0 Å². The number of carboxylic acids is 1. The highest BCUT2D eigenvalue weighted by atomic mass is 32.1. The molecular weight excluding hydrogens is 212 g/mol. The second kappa shape index (κ2) is 3.78. The summed E-state index contributed by atoms with van der Waals surface area (Å²) in [4.78, 5) is 19.4. The highest BCUT2D eigenvalue weighted by Crippen LogP contribution is 2.26. The maximum absolute atomic E-state index is 10.9. The Morgan fingerprint density at radius 3 is 2.80 bits per heavy atom. The number of rotatable bonds is 2. The molecule has 15 heavy (non-hydrogen) atoms. The molecule has 0 fully saturated rings. The fraction of sp³-hybridized carbons (Fsp3) is 0.100. The van der Waals surface area contributed by atoms with E-state index in [0.29, 0.717) is 16.1 Å². The van der Waals surface area contributed by atoms with Gasteiger partial charge in [-0.1, -0.05) is 0 Å². The van der Waals surface area contributed by atoms with Crippen molar-refractivity contribution in [3.8, 4) is 11.3 Å². The van der Waals surface area contributed by atoms with Gasteiger partial charge in [-0.3, -0.25) is 9.97 Å². The van der Waals surface area contributed by atoms with Crippen LogP contribution in [0, 0.1) is 6.92 Å². The monoisotopic (exact) mass is 220 g/mol. The van der Waals surface area contributed by atoms with Crippen LogP contribution in [0.4, 0.5) is 0 Å². The zero-order valence-electron chi connectivity index (χ0n) is 7.97. The van der Waals surface area contributed by atoms with Gasteiger partial charge in [0.15, 0.2) is 0 Å². The molecule has 1 N–H and O–H groups in total. The van der Waals surface area contributed by atoms with E-state index in [1.807, 2.05) is 6.92 Å². The van der Waals surface area contributed by atoms with Crippen LogP contribution >= 0.6 is 11.3 Å². The van der Waals surface area contributed by atoms with Gasteiger partial charge in [-0.05, 0) is 18.4 Å². The number of hydrogen-bond acceptors (Lipinski definition) is 4. The van der Waals surface area contributed by atoms with E-state index in [4.69, 9.17) is 5.11 Å². The minimum atomic E-state index is -0.928. The molecule has 0 bridgehead atoms. The van der Waals surface area contributed by atoms with Crippen molar-refractivity contribution in [1.29, 1.82) is 0 Å². The van der Waals surface area contributed by atoms with Crippen LogP contribution in [-0.4, -0.2) is 21.0 Å². The van der Waals surface area contributed by atoms with Gasteiger partial charge in [0.05, 0.1) is 17.6 Å². The largest absolute Gasteiger partial charge is 0.477 e. The number of aryl methyl sites for hydroxylation is 1. The van der Waals surface area contributed by atoms with E-state index in [1.54, 1.807) is 23.8 Å². The summed E-state index contributed by atoms with van der Waals surface area (Å²) in [6, 6.07) is 1.74. The molecule has 2 rings (SSSR count). The van der Waals surface area contributed by atoms with Crippen molar-refractivity contribution in [3.63, 3.8) is 0 Å². The smallest absolute Gasteiger partial charge is 0.346 e. The molecule has 0 saturated heterocycles. The van der Waals surface area contributed by atoms with Gasteiger partial charge in [0.1, 0.15) is 4.88 Å². The van der Waals surface area contributed by atoms with Crippen LogP contribution in [0.3, 0.4) is 0 Å². The fourth-order valence-corrected chi connectivity index (χ4v) is 1.95. The number of aromatic nitrogens is 2. The van der Waals surface area contributed by atoms with Gasteiger partial charge in [0.2, 0.25) is 0 Å². The molecular formula is C10H8N2O2S. The fourth-order valence-electron chi connectivity index (χ4n) is 1.21. The van der Waals surface area contributed by atoms with Crippen molar-refractivity contribution in [1.82, 2.24) is 9.97 Å². The van der Waals surface area contributed by atoms with E-state index in [1.165, 1.54) is 11.3 Å². The zero-order valence-corrected chi connectivity index (χ0v) is 8.78. The van der Waals surface area contributed by atoms with Crippen LogP contribution in [0.25, 0.3) is 11.3 Å². The third-order valence-electron chi connectivity index (χ3n) is 1.92. The SMILES string of the molecule is Cc1cnc(-c2ccsc2C(=O)O)cn1. The molecule has 2 heterocycles. The van der Waals surface area contributed by atoms with E-state index < -0.39 is 5.97 Å². The highest BCUT2D eigenvalue weighted by molar-refractivity contribution is 7.12. The van der Waals surface area contributed by atoms with Gasteiger partial charge in [-0.15, -0.1) is 11.3 Å². The molecule has 0 atom stereocenters. The number of nitrogens with zero attached hydrogens (tertiary/aromatic N) is 2. The summed E-state index contributed by atoms with van der Waals surface area (Å²) in [5.41, 5.74) is 2.03. The second-order valence-corrected chi connectivity index (χ2v) is 3.93. The molecule has 0 aromatic carbocycles. The maximum atomic E-state index is 10.9. The van der Waals surface area contributed by atoms with Crippen molar-refractivity contribution in [2.75, 3.05) is 0 Å². The lowest BCUT2D eigenvalue weighted by Crippen LogP contribution is -1.96. The summed E-state index contributed by atoms with van der Waals surface area (Å²) in [6.45, 7) is 1.84. The molecule has 0 unspecified atom stereocenters. The number of carboxylic acid groups (broad SMARTS) is 1. The first-order valence-electron chi connectivity index (χ1n) is 4.28. The average Bonchev–Trinajstić information content (AvgIpc) is 2.67. The third kappa shape index (κ3) is 1.87. The Hall–Kier alpha value is -1.75. The normalized spacial score (nSPS) is 10.2. The Balaban J connectivity index is 2.49. The van der Waals surface area contributed by atoms with E-state index >= 15 is 0 Å². The number of carbonyl (C=O) groups is 1. The third-order valence-corrected chi connectivity index (χ3v) is 2.82. The standard InChI is InChI=1S/C10H8N2O2S/c1-6-4-12-8(5-11-6)7-2-3-15-9(7)10(13)14/h2-5H,1H3,(H,13,14). The van der Waals surface area contributed by atoms with Crippen molar-refractivity contribution in [2.45, 2.75) is 6.92 Å². The lowest BCUT2D eigenvalue weighted by Gasteiger charge is -1.99. The Kier molecular flexibility index (Phi) is 2.47. The summed E-state index contributed by atoms with van der Waals surface area (Å²) in [6.07, 6.45) is 3.21. The molecule has 0 spiro atoms. The van der Waals surface area contributed by atoms with Crippen LogP contribution in [0.5, 0.6) is 0 Å². The van der Waals surface area contributed by atoms with Gasteiger partial charge in [0, 0.05) is 11.8 Å². The van der Waals surface area contributed by atoms with Crippen LogP contribution in [0.15, 0.2) is 23.8 Å². The van der Waals surface area contributed by atoms with Crippen molar-refractivity contribution < 1.29 is 9.90 Å². The lowest BCUT2D eigenvalue weighted by atomic mass is 10.2. The maximum Gasteiger partial charge on any atom is 0.346 e. The summed E-state index contributed by atoms with van der Waals surface area (Å²) >= 11 is 1.19. The second-order valence-electron chi connectivity index (χ2n) is 3.01. The predicted octanol–water partition coefficient (Wildman–Crippen LogP) is 2.21. The van der Waals surface area contributed by atoms with E-state index in [0.717, 1.165) is 5.69 Å². The first-order valence-corrected chi connectivity index (χ1v) is 5.16. The molecule has 0 aliphatic carbocycles. The summed E-state index contributed by atoms with van der Waals surface area (Å²) in [5.74, 6) is -0.928. The summed E-state index contributed by atoms with van der Waals surface area (Å²) in [5, 5.41) is 10.7. The molecule has 0 amide bonds. The summed E-state index contributed by atoms with van der Waals surface area (Å²) in [7, 11) is 0. The molecule has 0 aliphatic heterocycles. The Labute approximate surface area is 90.3 Å². The highest BCUT2D eigenvalue weighted by Gasteiger charge is 2.13. The van der Waals surface area contributed by atoms with Gasteiger partial charge >= 0.3 is 5.97 Å². The van der Waals surface area contributed by atoms with Crippen LogP contribution < -0.4 is 0 Å².